The third kappa shape index (κ3) is 3.52. The predicted molar refractivity (Wildman–Crippen MR) is 69.8 cm³/mol. The van der Waals surface area contributed by atoms with E-state index in [1.165, 1.54) is 0 Å². The Morgan fingerprint density at radius 2 is 2.12 bits per heavy atom. The molecule has 0 spiro atoms. The average molecular weight is 296 g/mol. The van der Waals surface area contributed by atoms with E-state index in [0.717, 1.165) is 29.9 Å². The first kappa shape index (κ1) is 12.0. The molecule has 0 aliphatic heterocycles. The summed E-state index contributed by atoms with van der Waals surface area (Å²) in [4.78, 5) is 14.5. The van der Waals surface area contributed by atoms with Gasteiger partial charge >= 0.3 is 0 Å². The maximum Gasteiger partial charge on any atom is 0.225 e. The van der Waals surface area contributed by atoms with Gasteiger partial charge in [0.15, 0.2) is 0 Å². The summed E-state index contributed by atoms with van der Waals surface area (Å²) in [6, 6.07) is 0. The van der Waals surface area contributed by atoms with Gasteiger partial charge in [0.25, 0.3) is 0 Å². The second-order valence-corrected chi connectivity index (χ2v) is 4.69. The second kappa shape index (κ2) is 5.77. The van der Waals surface area contributed by atoms with Gasteiger partial charge in [0.05, 0.1) is 10.8 Å². The van der Waals surface area contributed by atoms with Crippen LogP contribution in [0.3, 0.4) is 0 Å². The number of hydrogen-bond acceptors (Lipinski definition) is 4. The molecule has 0 radical (unpaired) electrons. The van der Waals surface area contributed by atoms with Crippen LogP contribution in [0.25, 0.3) is 0 Å². The Balaban J connectivity index is 1.81. The van der Waals surface area contributed by atoms with Gasteiger partial charge in [-0.05, 0) is 22.4 Å². The fraction of sp³-hybridized carbons (Fsp3) is 0.364. The minimum Gasteiger partial charge on any atom is -0.344 e. The Labute approximate surface area is 109 Å². The smallest absolute Gasteiger partial charge is 0.225 e. The predicted octanol–water partition coefficient (Wildman–Crippen LogP) is 1.96. The highest BCUT2D eigenvalue weighted by molar-refractivity contribution is 9.10. The van der Waals surface area contributed by atoms with Crippen LogP contribution in [0.5, 0.6) is 0 Å². The van der Waals surface area contributed by atoms with Crippen molar-refractivity contribution in [3.8, 4) is 0 Å². The van der Waals surface area contributed by atoms with Crippen molar-refractivity contribution in [2.75, 3.05) is 18.5 Å². The molecule has 0 saturated carbocycles. The number of aromatic nitrogens is 4. The van der Waals surface area contributed by atoms with Crippen LogP contribution >= 0.6 is 15.9 Å². The fourth-order valence-electron chi connectivity index (χ4n) is 1.51. The van der Waals surface area contributed by atoms with Crippen LogP contribution in [0.1, 0.15) is 6.42 Å². The Kier molecular flexibility index (Phi) is 4.08. The van der Waals surface area contributed by atoms with Crippen LogP contribution in [-0.4, -0.2) is 33.1 Å². The molecule has 0 aliphatic carbocycles. The lowest BCUT2D eigenvalue weighted by molar-refractivity contribution is 0.633. The molecular weight excluding hydrogens is 282 g/mol. The molecule has 0 bridgehead atoms. The molecule has 0 saturated heterocycles. The molecule has 0 unspecified atom stereocenters. The highest BCUT2D eigenvalue weighted by atomic mass is 79.9. The van der Waals surface area contributed by atoms with Crippen molar-refractivity contribution in [1.29, 1.82) is 0 Å². The molecule has 0 N–H and O–H groups in total. The maximum atomic E-state index is 4.24. The van der Waals surface area contributed by atoms with Gasteiger partial charge in [0.2, 0.25) is 5.95 Å². The van der Waals surface area contributed by atoms with Gasteiger partial charge in [0.1, 0.15) is 0 Å². The van der Waals surface area contributed by atoms with Gasteiger partial charge in [-0.3, -0.25) is 0 Å². The van der Waals surface area contributed by atoms with E-state index in [1.54, 1.807) is 18.6 Å². The van der Waals surface area contributed by atoms with Crippen molar-refractivity contribution < 1.29 is 0 Å². The third-order valence-electron chi connectivity index (χ3n) is 2.42. The number of aryl methyl sites for hydroxylation is 1. The Hall–Kier alpha value is -1.43. The van der Waals surface area contributed by atoms with Gasteiger partial charge in [-0.25, -0.2) is 15.0 Å². The molecule has 0 amide bonds. The van der Waals surface area contributed by atoms with E-state index in [9.17, 15) is 0 Å². The summed E-state index contributed by atoms with van der Waals surface area (Å²) in [6.45, 7) is 1.88. The molecule has 2 rings (SSSR count). The van der Waals surface area contributed by atoms with Crippen LogP contribution in [0.4, 0.5) is 5.95 Å². The monoisotopic (exact) mass is 295 g/mol. The Morgan fingerprint density at radius 3 is 2.76 bits per heavy atom. The molecule has 0 aromatic carbocycles. The fourth-order valence-corrected chi connectivity index (χ4v) is 1.72. The van der Waals surface area contributed by atoms with E-state index in [4.69, 9.17) is 0 Å². The van der Waals surface area contributed by atoms with Gasteiger partial charge in [-0.1, -0.05) is 0 Å². The first-order chi connectivity index (χ1) is 8.25. The second-order valence-electron chi connectivity index (χ2n) is 3.78. The zero-order chi connectivity index (χ0) is 12.1. The molecule has 90 valence electrons. The van der Waals surface area contributed by atoms with Gasteiger partial charge < -0.3 is 9.47 Å². The summed E-state index contributed by atoms with van der Waals surface area (Å²) in [5.74, 6) is 0.749. The third-order valence-corrected chi connectivity index (χ3v) is 2.83. The van der Waals surface area contributed by atoms with Crippen LogP contribution in [0, 0.1) is 0 Å². The van der Waals surface area contributed by atoms with Crippen LogP contribution in [0.2, 0.25) is 0 Å². The number of halogens is 1. The Morgan fingerprint density at radius 1 is 1.35 bits per heavy atom. The first-order valence-corrected chi connectivity index (χ1v) is 6.19. The average Bonchev–Trinajstić information content (AvgIpc) is 2.83. The van der Waals surface area contributed by atoms with Crippen molar-refractivity contribution in [1.82, 2.24) is 19.5 Å². The summed E-state index contributed by atoms with van der Waals surface area (Å²) < 4.78 is 2.96. The quantitative estimate of drug-likeness (QED) is 0.846. The largest absolute Gasteiger partial charge is 0.344 e. The Bertz CT molecular complexity index is 439. The van der Waals surface area contributed by atoms with Crippen LogP contribution < -0.4 is 4.90 Å². The van der Waals surface area contributed by atoms with Crippen molar-refractivity contribution in [2.45, 2.75) is 13.0 Å². The number of rotatable bonds is 5. The van der Waals surface area contributed by atoms with Gasteiger partial charge in [-0.15, -0.1) is 0 Å². The highest BCUT2D eigenvalue weighted by Gasteiger charge is 2.03. The van der Waals surface area contributed by atoms with Gasteiger partial charge in [-0.2, -0.15) is 0 Å². The lowest BCUT2D eigenvalue weighted by Gasteiger charge is -2.16. The molecule has 2 heterocycles. The van der Waals surface area contributed by atoms with Gasteiger partial charge in [0, 0.05) is 44.9 Å². The van der Waals surface area contributed by atoms with Crippen molar-refractivity contribution in [2.24, 2.45) is 0 Å². The minimum atomic E-state index is 0.749. The van der Waals surface area contributed by atoms with Crippen molar-refractivity contribution in [3.63, 3.8) is 0 Å². The van der Waals surface area contributed by atoms with E-state index >= 15 is 0 Å². The minimum absolute atomic E-state index is 0.749. The van der Waals surface area contributed by atoms with Crippen molar-refractivity contribution in [3.05, 3.63) is 35.6 Å². The molecule has 17 heavy (non-hydrogen) atoms. The standard InChI is InChI=1S/C11H14BrN5/c1-16(11-14-7-10(12)8-15-11)4-2-5-17-6-3-13-9-17/h3,6-9H,2,4-5H2,1H3. The lowest BCUT2D eigenvalue weighted by Crippen LogP contribution is -2.21. The van der Waals surface area contributed by atoms with Crippen molar-refractivity contribution >= 4 is 21.9 Å². The summed E-state index contributed by atoms with van der Waals surface area (Å²) >= 11 is 3.32. The lowest BCUT2D eigenvalue weighted by atomic mass is 10.4. The number of anilines is 1. The molecule has 0 aliphatic rings. The molecule has 0 atom stereocenters. The highest BCUT2D eigenvalue weighted by Crippen LogP contribution is 2.09. The molecule has 2 aromatic heterocycles. The number of hydrogen-bond donors (Lipinski definition) is 0. The molecular formula is C11H14BrN5. The number of nitrogens with zero attached hydrogens (tertiary/aromatic N) is 5. The number of imidazole rings is 1. The van der Waals surface area contributed by atoms with E-state index < -0.39 is 0 Å². The van der Waals surface area contributed by atoms with E-state index in [0.29, 0.717) is 0 Å². The molecule has 2 aromatic rings. The first-order valence-electron chi connectivity index (χ1n) is 5.40. The summed E-state index contributed by atoms with van der Waals surface area (Å²) in [5.41, 5.74) is 0. The molecule has 0 fully saturated rings. The van der Waals surface area contributed by atoms with Crippen LogP contribution in [-0.2, 0) is 6.54 Å². The summed E-state index contributed by atoms with van der Waals surface area (Å²) in [5, 5.41) is 0. The van der Waals surface area contributed by atoms with E-state index in [-0.39, 0.29) is 0 Å². The maximum absolute atomic E-state index is 4.24. The topological polar surface area (TPSA) is 46.8 Å². The summed E-state index contributed by atoms with van der Waals surface area (Å²) in [6.07, 6.45) is 10.1. The van der Waals surface area contributed by atoms with E-state index in [2.05, 4.69) is 35.4 Å². The van der Waals surface area contributed by atoms with Crippen LogP contribution in [0.15, 0.2) is 35.6 Å². The molecule has 5 nitrogen and oxygen atoms in total. The zero-order valence-electron chi connectivity index (χ0n) is 9.62. The normalized spacial score (nSPS) is 10.5. The zero-order valence-corrected chi connectivity index (χ0v) is 11.2. The van der Waals surface area contributed by atoms with E-state index in [1.807, 2.05) is 24.5 Å². The SMILES string of the molecule is CN(CCCn1ccnc1)c1ncc(Br)cn1. The molecule has 6 heteroatoms. The summed E-state index contributed by atoms with van der Waals surface area (Å²) in [7, 11) is 2.00.